The van der Waals surface area contributed by atoms with Crippen LogP contribution in [0.1, 0.15) is 12.8 Å². The molecule has 0 radical (unpaired) electrons. The Bertz CT molecular complexity index is 436. The number of quaternary nitrogens is 1. The Morgan fingerprint density at radius 1 is 1.12 bits per heavy atom. The van der Waals surface area contributed by atoms with Gasteiger partial charge in [-0.1, -0.05) is 18.2 Å². The first-order chi connectivity index (χ1) is 7.60. The average Bonchev–Trinajstić information content (AvgIpc) is 2.31. The number of nitrogens with zero attached hydrogens (tertiary/aromatic N) is 1. The second kappa shape index (κ2) is 4.53. The van der Waals surface area contributed by atoms with Crippen molar-refractivity contribution in [3.63, 3.8) is 0 Å². The summed E-state index contributed by atoms with van der Waals surface area (Å²) in [5.41, 5.74) is 3.97. The second-order valence-electron chi connectivity index (χ2n) is 4.16. The highest BCUT2D eigenvalue weighted by molar-refractivity contribution is 7.89. The minimum atomic E-state index is -3.28. The van der Waals surface area contributed by atoms with Gasteiger partial charge in [0.25, 0.3) is 0 Å². The topological polar surface area (TPSA) is 65.0 Å². The molecule has 16 heavy (non-hydrogen) atoms. The smallest absolute Gasteiger partial charge is 0.243 e. The summed E-state index contributed by atoms with van der Waals surface area (Å²) < 4.78 is 26.0. The van der Waals surface area contributed by atoms with Gasteiger partial charge in [-0.15, -0.1) is 0 Å². The number of hydrogen-bond acceptors (Lipinski definition) is 2. The molecule has 4 nitrogen and oxygen atoms in total. The molecule has 1 aromatic rings. The lowest BCUT2D eigenvalue weighted by atomic mass is 10.1. The maximum Gasteiger partial charge on any atom is 0.243 e. The molecule has 0 amide bonds. The molecule has 1 aromatic carbocycles. The summed E-state index contributed by atoms with van der Waals surface area (Å²) in [6.45, 7) is 1.18. The maximum atomic E-state index is 12.2. The predicted octanol–water partition coefficient (Wildman–Crippen LogP) is 0.0816. The Kier molecular flexibility index (Phi) is 3.28. The van der Waals surface area contributed by atoms with Gasteiger partial charge in [0.2, 0.25) is 10.0 Å². The van der Waals surface area contributed by atoms with E-state index in [1.54, 1.807) is 28.6 Å². The van der Waals surface area contributed by atoms with Gasteiger partial charge >= 0.3 is 0 Å². The summed E-state index contributed by atoms with van der Waals surface area (Å²) in [4.78, 5) is 0.387. The Balaban J connectivity index is 2.20. The van der Waals surface area contributed by atoms with E-state index in [1.807, 2.05) is 6.07 Å². The highest BCUT2D eigenvalue weighted by atomic mass is 32.2. The van der Waals surface area contributed by atoms with E-state index in [-0.39, 0.29) is 0 Å². The molecule has 0 spiro atoms. The van der Waals surface area contributed by atoms with Gasteiger partial charge in [0, 0.05) is 25.9 Å². The van der Waals surface area contributed by atoms with E-state index in [4.69, 9.17) is 0 Å². The Morgan fingerprint density at radius 2 is 1.69 bits per heavy atom. The van der Waals surface area contributed by atoms with Crippen LogP contribution in [0.2, 0.25) is 0 Å². The molecule has 0 aromatic heterocycles. The molecule has 0 bridgehead atoms. The van der Waals surface area contributed by atoms with E-state index in [9.17, 15) is 8.42 Å². The van der Waals surface area contributed by atoms with Gasteiger partial charge in [-0.05, 0) is 12.1 Å². The fourth-order valence-corrected chi connectivity index (χ4v) is 3.38. The lowest BCUT2D eigenvalue weighted by Crippen LogP contribution is -2.64. The van der Waals surface area contributed by atoms with Gasteiger partial charge in [0.15, 0.2) is 0 Å². The highest BCUT2D eigenvalue weighted by Gasteiger charge is 2.28. The summed E-state index contributed by atoms with van der Waals surface area (Å²) in [5, 5.41) is 0. The third-order valence-electron chi connectivity index (χ3n) is 2.95. The zero-order chi connectivity index (χ0) is 11.6. The zero-order valence-corrected chi connectivity index (χ0v) is 9.99. The van der Waals surface area contributed by atoms with Crippen LogP contribution < -0.4 is 5.73 Å². The third-order valence-corrected chi connectivity index (χ3v) is 4.87. The number of rotatable bonds is 2. The lowest BCUT2D eigenvalue weighted by Gasteiger charge is -2.27. The number of sulfonamides is 1. The molecule has 2 rings (SSSR count). The molecule has 1 heterocycles. The Hall–Kier alpha value is -0.910. The number of benzene rings is 1. The first-order valence-electron chi connectivity index (χ1n) is 5.49. The van der Waals surface area contributed by atoms with Gasteiger partial charge in [-0.3, -0.25) is 0 Å². The van der Waals surface area contributed by atoms with Crippen molar-refractivity contribution in [1.29, 1.82) is 0 Å². The van der Waals surface area contributed by atoms with Crippen LogP contribution in [-0.4, -0.2) is 31.9 Å². The molecule has 1 aliphatic rings. The quantitative estimate of drug-likeness (QED) is 0.797. The fourth-order valence-electron chi connectivity index (χ4n) is 1.89. The van der Waals surface area contributed by atoms with Crippen molar-refractivity contribution in [2.45, 2.75) is 23.8 Å². The van der Waals surface area contributed by atoms with Gasteiger partial charge in [-0.25, -0.2) is 8.42 Å². The van der Waals surface area contributed by atoms with Crippen LogP contribution in [-0.2, 0) is 10.0 Å². The number of hydrogen-bond donors (Lipinski definition) is 1. The molecule has 1 aliphatic heterocycles. The molecule has 0 saturated carbocycles. The Morgan fingerprint density at radius 3 is 2.25 bits per heavy atom. The van der Waals surface area contributed by atoms with E-state index in [0.717, 1.165) is 12.8 Å². The van der Waals surface area contributed by atoms with Crippen LogP contribution >= 0.6 is 0 Å². The largest absolute Gasteiger partial charge is 0.355 e. The van der Waals surface area contributed by atoms with E-state index >= 15 is 0 Å². The molecule has 1 fully saturated rings. The van der Waals surface area contributed by atoms with Gasteiger partial charge < -0.3 is 5.73 Å². The van der Waals surface area contributed by atoms with Crippen LogP contribution in [0.4, 0.5) is 0 Å². The minimum Gasteiger partial charge on any atom is -0.355 e. The van der Waals surface area contributed by atoms with Gasteiger partial charge in [-0.2, -0.15) is 4.31 Å². The van der Waals surface area contributed by atoms with Crippen LogP contribution in [0, 0.1) is 0 Å². The normalized spacial score (nSPS) is 19.8. The fraction of sp³-hybridized carbons (Fsp3) is 0.455. The SMILES string of the molecule is [NH3+]C1CCN(S(=O)(=O)c2ccccc2)CC1. The highest BCUT2D eigenvalue weighted by Crippen LogP contribution is 2.19. The van der Waals surface area contributed by atoms with Crippen molar-refractivity contribution >= 4 is 10.0 Å². The van der Waals surface area contributed by atoms with Crippen molar-refractivity contribution in [3.8, 4) is 0 Å². The maximum absolute atomic E-state index is 12.2. The first-order valence-corrected chi connectivity index (χ1v) is 6.93. The van der Waals surface area contributed by atoms with E-state index < -0.39 is 10.0 Å². The molecular weight excluding hydrogens is 224 g/mol. The molecule has 3 N–H and O–H groups in total. The average molecular weight is 241 g/mol. The van der Waals surface area contributed by atoms with Crippen LogP contribution in [0.5, 0.6) is 0 Å². The van der Waals surface area contributed by atoms with Gasteiger partial charge in [0.05, 0.1) is 10.9 Å². The first kappa shape index (κ1) is 11.6. The summed E-state index contributed by atoms with van der Waals surface area (Å²) in [6, 6.07) is 9.00. The molecule has 88 valence electrons. The number of piperidine rings is 1. The standard InChI is InChI=1S/C11H16N2O2S/c12-10-6-8-13(9-7-10)16(14,15)11-4-2-1-3-5-11/h1-5,10H,6-9,12H2/p+1. The van der Waals surface area contributed by atoms with Crippen molar-refractivity contribution in [3.05, 3.63) is 30.3 Å². The lowest BCUT2D eigenvalue weighted by molar-refractivity contribution is -0.425. The van der Waals surface area contributed by atoms with Crippen molar-refractivity contribution in [2.24, 2.45) is 0 Å². The summed E-state index contributed by atoms with van der Waals surface area (Å²) in [5.74, 6) is 0. The molecule has 0 unspecified atom stereocenters. The van der Waals surface area contributed by atoms with Crippen molar-refractivity contribution in [2.75, 3.05) is 13.1 Å². The van der Waals surface area contributed by atoms with E-state index in [1.165, 1.54) is 0 Å². The van der Waals surface area contributed by atoms with Crippen LogP contribution in [0.15, 0.2) is 35.2 Å². The van der Waals surface area contributed by atoms with E-state index in [2.05, 4.69) is 5.73 Å². The van der Waals surface area contributed by atoms with Gasteiger partial charge in [0.1, 0.15) is 0 Å². The van der Waals surface area contributed by atoms with Crippen LogP contribution in [0.25, 0.3) is 0 Å². The van der Waals surface area contributed by atoms with Crippen LogP contribution in [0.3, 0.4) is 0 Å². The molecule has 5 heteroatoms. The monoisotopic (exact) mass is 241 g/mol. The Labute approximate surface area is 96.1 Å². The minimum absolute atomic E-state index is 0.387. The summed E-state index contributed by atoms with van der Waals surface area (Å²) in [6.07, 6.45) is 1.71. The summed E-state index contributed by atoms with van der Waals surface area (Å²) in [7, 11) is -3.28. The molecular formula is C11H17N2O2S+. The van der Waals surface area contributed by atoms with Crippen molar-refractivity contribution in [1.82, 2.24) is 4.31 Å². The summed E-state index contributed by atoms with van der Waals surface area (Å²) >= 11 is 0. The van der Waals surface area contributed by atoms with E-state index in [0.29, 0.717) is 24.0 Å². The second-order valence-corrected chi connectivity index (χ2v) is 6.10. The predicted molar refractivity (Wildman–Crippen MR) is 61.1 cm³/mol. The molecule has 1 saturated heterocycles. The van der Waals surface area contributed by atoms with Crippen molar-refractivity contribution < 1.29 is 14.2 Å². The third kappa shape index (κ3) is 2.26. The molecule has 0 aliphatic carbocycles. The molecule has 0 atom stereocenters. The zero-order valence-electron chi connectivity index (χ0n) is 9.17.